The average molecular weight is 233 g/mol. The monoisotopic (exact) mass is 233 g/mol. The maximum Gasteiger partial charge on any atom is 0.201 e. The molecule has 0 saturated heterocycles. The Kier molecular flexibility index (Phi) is 2.15. The van der Waals surface area contributed by atoms with Crippen molar-refractivity contribution in [2.45, 2.75) is 32.7 Å². The summed E-state index contributed by atoms with van der Waals surface area (Å²) in [4.78, 5) is 4.12. The van der Waals surface area contributed by atoms with Gasteiger partial charge in [0, 0.05) is 6.54 Å². The summed E-state index contributed by atoms with van der Waals surface area (Å²) in [7, 11) is 0. The third-order valence-electron chi connectivity index (χ3n) is 3.86. The molecule has 0 atom stereocenters. The van der Waals surface area contributed by atoms with Gasteiger partial charge in [-0.2, -0.15) is 0 Å². The van der Waals surface area contributed by atoms with E-state index in [-0.39, 0.29) is 5.82 Å². The van der Waals surface area contributed by atoms with Gasteiger partial charge < -0.3 is 10.3 Å². The number of anilines is 1. The lowest BCUT2D eigenvalue weighted by atomic mass is 9.70. The summed E-state index contributed by atoms with van der Waals surface area (Å²) < 4.78 is 15.5. The van der Waals surface area contributed by atoms with Gasteiger partial charge in [0.25, 0.3) is 0 Å². The fourth-order valence-corrected chi connectivity index (χ4v) is 2.62. The largest absolute Gasteiger partial charge is 0.369 e. The van der Waals surface area contributed by atoms with Crippen LogP contribution in [0.1, 0.15) is 26.2 Å². The molecule has 0 spiro atoms. The standard InChI is InChI=1S/C13H16FN3/c1-13(6-3-7-13)8-17-10-5-2-4-9(14)11(10)16-12(17)15/h2,4-5H,3,6-8H2,1H3,(H2,15,16). The molecule has 3 nitrogen and oxygen atoms in total. The lowest BCUT2D eigenvalue weighted by Crippen LogP contribution is -2.31. The third kappa shape index (κ3) is 1.59. The number of hydrogen-bond donors (Lipinski definition) is 1. The van der Waals surface area contributed by atoms with Gasteiger partial charge in [-0.05, 0) is 30.4 Å². The van der Waals surface area contributed by atoms with Crippen molar-refractivity contribution in [2.75, 3.05) is 5.73 Å². The summed E-state index contributed by atoms with van der Waals surface area (Å²) in [6, 6.07) is 5.01. The van der Waals surface area contributed by atoms with Crippen LogP contribution < -0.4 is 5.73 Å². The van der Waals surface area contributed by atoms with Crippen LogP contribution in [0.4, 0.5) is 10.3 Å². The van der Waals surface area contributed by atoms with Crippen molar-refractivity contribution in [1.82, 2.24) is 9.55 Å². The smallest absolute Gasteiger partial charge is 0.201 e. The van der Waals surface area contributed by atoms with Crippen molar-refractivity contribution in [1.29, 1.82) is 0 Å². The molecule has 4 heteroatoms. The van der Waals surface area contributed by atoms with E-state index in [1.165, 1.54) is 25.3 Å². The summed E-state index contributed by atoms with van der Waals surface area (Å²) in [5.41, 5.74) is 7.38. The molecular formula is C13H16FN3. The highest BCUT2D eigenvalue weighted by molar-refractivity contribution is 5.78. The highest BCUT2D eigenvalue weighted by Crippen LogP contribution is 2.42. The Hall–Kier alpha value is -1.58. The molecule has 3 rings (SSSR count). The number of hydrogen-bond acceptors (Lipinski definition) is 2. The van der Waals surface area contributed by atoms with E-state index in [4.69, 9.17) is 5.73 Å². The molecule has 1 aliphatic carbocycles. The summed E-state index contributed by atoms with van der Waals surface area (Å²) in [6.45, 7) is 3.08. The summed E-state index contributed by atoms with van der Waals surface area (Å²) >= 11 is 0. The molecule has 0 bridgehead atoms. The van der Waals surface area contributed by atoms with Crippen molar-refractivity contribution < 1.29 is 4.39 Å². The van der Waals surface area contributed by atoms with Gasteiger partial charge >= 0.3 is 0 Å². The molecule has 1 fully saturated rings. The Morgan fingerprint density at radius 2 is 2.24 bits per heavy atom. The minimum atomic E-state index is -0.299. The van der Waals surface area contributed by atoms with Crippen LogP contribution in [0.15, 0.2) is 18.2 Å². The van der Waals surface area contributed by atoms with Crippen LogP contribution in [0.2, 0.25) is 0 Å². The number of para-hydroxylation sites is 1. The lowest BCUT2D eigenvalue weighted by molar-refractivity contribution is 0.135. The molecule has 0 aliphatic heterocycles. The SMILES string of the molecule is CC1(Cn2c(N)nc3c(F)cccc32)CCC1. The predicted octanol–water partition coefficient (Wildman–Crippen LogP) is 2.95. The van der Waals surface area contributed by atoms with Gasteiger partial charge in [-0.25, -0.2) is 9.37 Å². The first kappa shape index (κ1) is 10.6. The number of fused-ring (bicyclic) bond motifs is 1. The molecule has 1 aliphatic rings. The van der Waals surface area contributed by atoms with Crippen LogP contribution in [0.5, 0.6) is 0 Å². The number of halogens is 1. The van der Waals surface area contributed by atoms with E-state index in [0.29, 0.717) is 16.9 Å². The number of rotatable bonds is 2. The van der Waals surface area contributed by atoms with Gasteiger partial charge in [-0.15, -0.1) is 0 Å². The number of imidazole rings is 1. The minimum Gasteiger partial charge on any atom is -0.369 e. The summed E-state index contributed by atoms with van der Waals surface area (Å²) in [5, 5.41) is 0. The van der Waals surface area contributed by atoms with Crippen molar-refractivity contribution >= 4 is 17.0 Å². The minimum absolute atomic E-state index is 0.299. The molecule has 17 heavy (non-hydrogen) atoms. The second kappa shape index (κ2) is 3.45. The first-order valence-corrected chi connectivity index (χ1v) is 5.99. The van der Waals surface area contributed by atoms with Crippen LogP contribution in [0.3, 0.4) is 0 Å². The van der Waals surface area contributed by atoms with Crippen LogP contribution in [0, 0.1) is 11.2 Å². The fraction of sp³-hybridized carbons (Fsp3) is 0.462. The molecule has 90 valence electrons. The molecule has 1 heterocycles. The van der Waals surface area contributed by atoms with Gasteiger partial charge in [0.05, 0.1) is 5.52 Å². The molecule has 0 amide bonds. The van der Waals surface area contributed by atoms with E-state index >= 15 is 0 Å². The quantitative estimate of drug-likeness (QED) is 0.866. The summed E-state index contributed by atoms with van der Waals surface area (Å²) in [5.74, 6) is 0.116. The van der Waals surface area contributed by atoms with Crippen LogP contribution in [0.25, 0.3) is 11.0 Å². The molecule has 2 aromatic rings. The predicted molar refractivity (Wildman–Crippen MR) is 66.1 cm³/mol. The molecule has 1 aromatic heterocycles. The second-order valence-corrected chi connectivity index (χ2v) is 5.33. The Bertz CT molecular complexity index is 569. The van der Waals surface area contributed by atoms with Crippen LogP contribution >= 0.6 is 0 Å². The van der Waals surface area contributed by atoms with Crippen molar-refractivity contribution in [3.63, 3.8) is 0 Å². The Labute approximate surface area is 99.4 Å². The highest BCUT2D eigenvalue weighted by Gasteiger charge is 2.33. The first-order valence-electron chi connectivity index (χ1n) is 5.99. The van der Waals surface area contributed by atoms with Crippen LogP contribution in [-0.2, 0) is 6.54 Å². The van der Waals surface area contributed by atoms with E-state index in [1.54, 1.807) is 6.07 Å². The normalized spacial score (nSPS) is 18.2. The number of benzene rings is 1. The molecular weight excluding hydrogens is 217 g/mol. The van der Waals surface area contributed by atoms with Crippen molar-refractivity contribution in [3.05, 3.63) is 24.0 Å². The number of nitrogen functional groups attached to an aromatic ring is 1. The van der Waals surface area contributed by atoms with Crippen molar-refractivity contribution in [2.24, 2.45) is 5.41 Å². The molecule has 1 saturated carbocycles. The van der Waals surface area contributed by atoms with E-state index in [2.05, 4.69) is 11.9 Å². The van der Waals surface area contributed by atoms with Crippen LogP contribution in [-0.4, -0.2) is 9.55 Å². The average Bonchev–Trinajstić information content (AvgIpc) is 2.56. The zero-order chi connectivity index (χ0) is 12.0. The number of aromatic nitrogens is 2. The zero-order valence-electron chi connectivity index (χ0n) is 9.91. The van der Waals surface area contributed by atoms with Crippen molar-refractivity contribution in [3.8, 4) is 0 Å². The first-order chi connectivity index (χ1) is 8.09. The Morgan fingerprint density at radius 3 is 2.88 bits per heavy atom. The maximum absolute atomic E-state index is 13.6. The second-order valence-electron chi connectivity index (χ2n) is 5.33. The highest BCUT2D eigenvalue weighted by atomic mass is 19.1. The Morgan fingerprint density at radius 1 is 1.47 bits per heavy atom. The van der Waals surface area contributed by atoms with Gasteiger partial charge in [-0.3, -0.25) is 0 Å². The van der Waals surface area contributed by atoms with Gasteiger partial charge in [0.15, 0.2) is 5.82 Å². The van der Waals surface area contributed by atoms with Gasteiger partial charge in [-0.1, -0.05) is 19.4 Å². The van der Waals surface area contributed by atoms with E-state index in [9.17, 15) is 4.39 Å². The summed E-state index contributed by atoms with van der Waals surface area (Å²) in [6.07, 6.45) is 3.69. The van der Waals surface area contributed by atoms with E-state index in [0.717, 1.165) is 12.1 Å². The van der Waals surface area contributed by atoms with Gasteiger partial charge in [0.1, 0.15) is 5.52 Å². The van der Waals surface area contributed by atoms with E-state index in [1.807, 2.05) is 10.6 Å². The molecule has 1 aromatic carbocycles. The fourth-order valence-electron chi connectivity index (χ4n) is 2.62. The topological polar surface area (TPSA) is 43.8 Å². The van der Waals surface area contributed by atoms with E-state index < -0.39 is 0 Å². The lowest BCUT2D eigenvalue weighted by Gasteiger charge is -2.38. The molecule has 0 unspecified atom stereocenters. The number of nitrogens with zero attached hydrogens (tertiary/aromatic N) is 2. The zero-order valence-corrected chi connectivity index (χ0v) is 9.91. The molecule has 2 N–H and O–H groups in total. The number of nitrogens with two attached hydrogens (primary N) is 1. The Balaban J connectivity index is 2.09. The maximum atomic E-state index is 13.6. The third-order valence-corrected chi connectivity index (χ3v) is 3.86. The van der Waals surface area contributed by atoms with Gasteiger partial charge in [0.2, 0.25) is 5.95 Å². The molecule has 0 radical (unpaired) electrons.